The number of nitrogens with one attached hydrogen (secondary N) is 1. The van der Waals surface area contributed by atoms with Crippen LogP contribution in [0.4, 0.5) is 0 Å². The van der Waals surface area contributed by atoms with Gasteiger partial charge in [-0.1, -0.05) is 18.2 Å². The Morgan fingerprint density at radius 3 is 3.06 bits per heavy atom. The summed E-state index contributed by atoms with van der Waals surface area (Å²) in [4.78, 5) is 2.32. The molecule has 0 saturated carbocycles. The van der Waals surface area contributed by atoms with Crippen LogP contribution in [0.3, 0.4) is 0 Å². The minimum Gasteiger partial charge on any atom is -0.494 e. The largest absolute Gasteiger partial charge is 0.494 e. The van der Waals surface area contributed by atoms with E-state index in [0.29, 0.717) is 0 Å². The number of nitrogens with zero attached hydrogens (tertiary/aromatic N) is 2. The van der Waals surface area contributed by atoms with Crippen LogP contribution < -0.4 is 4.74 Å². The number of benzene rings is 1. The predicted octanol–water partition coefficient (Wildman–Crippen LogP) is 2.29. The maximum atomic E-state index is 5.35. The van der Waals surface area contributed by atoms with Gasteiger partial charge in [-0.15, -0.1) is 0 Å². The molecule has 2 heterocycles. The summed E-state index contributed by atoms with van der Waals surface area (Å²) in [5.41, 5.74) is 3.32. The second kappa shape index (κ2) is 4.46. The highest BCUT2D eigenvalue weighted by atomic mass is 16.5. The molecule has 0 unspecified atom stereocenters. The fraction of sp³-hybridized carbons (Fsp3) is 0.357. The molecule has 1 N–H and O–H groups in total. The number of ether oxygens (including phenoxy) is 1. The maximum absolute atomic E-state index is 5.35. The molecule has 0 aliphatic carbocycles. The lowest BCUT2D eigenvalue weighted by Crippen LogP contribution is -2.25. The summed E-state index contributed by atoms with van der Waals surface area (Å²) in [6.45, 7) is 2.08. The molecular weight excluding hydrogens is 226 g/mol. The van der Waals surface area contributed by atoms with E-state index in [-0.39, 0.29) is 0 Å². The molecule has 1 aliphatic rings. The number of aromatic amines is 1. The predicted molar refractivity (Wildman–Crippen MR) is 72.7 cm³/mol. The van der Waals surface area contributed by atoms with Gasteiger partial charge in [0.1, 0.15) is 11.3 Å². The first-order chi connectivity index (χ1) is 8.79. The van der Waals surface area contributed by atoms with Gasteiger partial charge < -0.3 is 9.64 Å². The zero-order valence-corrected chi connectivity index (χ0v) is 10.7. The highest BCUT2D eigenvalue weighted by Crippen LogP contribution is 2.30. The third-order valence-corrected chi connectivity index (χ3v) is 3.43. The summed E-state index contributed by atoms with van der Waals surface area (Å²) in [5.74, 6) is 0.844. The van der Waals surface area contributed by atoms with E-state index in [9.17, 15) is 0 Å². The van der Waals surface area contributed by atoms with E-state index < -0.39 is 0 Å². The Labute approximate surface area is 106 Å². The van der Waals surface area contributed by atoms with Crippen LogP contribution in [0, 0.1) is 0 Å². The summed E-state index contributed by atoms with van der Waals surface area (Å²) >= 11 is 0. The monoisotopic (exact) mass is 243 g/mol. The topological polar surface area (TPSA) is 41.1 Å². The lowest BCUT2D eigenvalue weighted by molar-refractivity contribution is 0.372. The summed E-state index contributed by atoms with van der Waals surface area (Å²) in [6.07, 6.45) is 3.37. The first-order valence-corrected chi connectivity index (χ1v) is 6.18. The minimum absolute atomic E-state index is 0.844. The lowest BCUT2D eigenvalue weighted by atomic mass is 10.0. The molecule has 2 aromatic rings. The summed E-state index contributed by atoms with van der Waals surface area (Å²) < 4.78 is 5.35. The van der Waals surface area contributed by atoms with Gasteiger partial charge in [0.05, 0.1) is 12.8 Å². The van der Waals surface area contributed by atoms with Crippen LogP contribution in [0.25, 0.3) is 16.5 Å². The molecule has 4 nitrogen and oxygen atoms in total. The molecule has 0 amide bonds. The van der Waals surface area contributed by atoms with Crippen molar-refractivity contribution in [3.05, 3.63) is 30.0 Å². The average molecular weight is 243 g/mol. The molecule has 1 aromatic heterocycles. The lowest BCUT2D eigenvalue weighted by Gasteiger charge is -2.22. The van der Waals surface area contributed by atoms with Gasteiger partial charge >= 0.3 is 0 Å². The first-order valence-electron chi connectivity index (χ1n) is 6.18. The van der Waals surface area contributed by atoms with Crippen molar-refractivity contribution < 1.29 is 4.74 Å². The summed E-state index contributed by atoms with van der Waals surface area (Å²) in [7, 11) is 3.82. The number of methoxy groups -OCH3 is 1. The maximum Gasteiger partial charge on any atom is 0.144 e. The van der Waals surface area contributed by atoms with Crippen molar-refractivity contribution in [1.82, 2.24) is 15.1 Å². The van der Waals surface area contributed by atoms with E-state index in [0.717, 1.165) is 41.9 Å². The zero-order chi connectivity index (χ0) is 12.5. The summed E-state index contributed by atoms with van der Waals surface area (Å²) in [5, 5.41) is 8.68. The normalized spacial score (nSPS) is 16.9. The van der Waals surface area contributed by atoms with E-state index in [1.165, 1.54) is 5.57 Å². The molecule has 0 spiro atoms. The second-order valence-electron chi connectivity index (χ2n) is 4.71. The highest BCUT2D eigenvalue weighted by molar-refractivity contribution is 5.94. The molecule has 94 valence electrons. The van der Waals surface area contributed by atoms with Crippen LogP contribution in [0.15, 0.2) is 24.3 Å². The van der Waals surface area contributed by atoms with Crippen molar-refractivity contribution in [2.45, 2.75) is 6.42 Å². The van der Waals surface area contributed by atoms with Crippen molar-refractivity contribution in [2.75, 3.05) is 27.2 Å². The van der Waals surface area contributed by atoms with Crippen LogP contribution >= 0.6 is 0 Å². The van der Waals surface area contributed by atoms with E-state index in [1.54, 1.807) is 7.11 Å². The Morgan fingerprint density at radius 2 is 2.28 bits per heavy atom. The highest BCUT2D eigenvalue weighted by Gasteiger charge is 2.16. The van der Waals surface area contributed by atoms with Crippen molar-refractivity contribution in [1.29, 1.82) is 0 Å². The molecule has 3 rings (SSSR count). The van der Waals surface area contributed by atoms with Crippen LogP contribution in [0.1, 0.15) is 12.1 Å². The Hall–Kier alpha value is -1.81. The van der Waals surface area contributed by atoms with Crippen LogP contribution in [0.2, 0.25) is 0 Å². The van der Waals surface area contributed by atoms with Gasteiger partial charge in [-0.2, -0.15) is 5.10 Å². The molecule has 4 heteroatoms. The quantitative estimate of drug-likeness (QED) is 0.879. The van der Waals surface area contributed by atoms with Crippen molar-refractivity contribution in [3.8, 4) is 5.75 Å². The number of para-hydroxylation sites is 1. The van der Waals surface area contributed by atoms with Crippen LogP contribution in [0.5, 0.6) is 5.75 Å². The Morgan fingerprint density at radius 1 is 1.39 bits per heavy atom. The number of H-pyrrole nitrogens is 1. The smallest absolute Gasteiger partial charge is 0.144 e. The number of hydrogen-bond acceptors (Lipinski definition) is 3. The van der Waals surface area contributed by atoms with Crippen molar-refractivity contribution in [2.24, 2.45) is 0 Å². The van der Waals surface area contributed by atoms with Crippen LogP contribution in [-0.2, 0) is 0 Å². The van der Waals surface area contributed by atoms with Crippen LogP contribution in [-0.4, -0.2) is 42.3 Å². The van der Waals surface area contributed by atoms with Crippen molar-refractivity contribution >= 4 is 16.5 Å². The van der Waals surface area contributed by atoms with E-state index in [1.807, 2.05) is 12.1 Å². The first kappa shape index (κ1) is 11.3. The molecule has 0 bridgehead atoms. The van der Waals surface area contributed by atoms with Gasteiger partial charge in [-0.05, 0) is 25.1 Å². The number of likely N-dealkylation sites (N-methyl/N-ethyl adjacent to an activating group) is 1. The standard InChI is InChI=1S/C14H17N3O/c1-17-8-4-5-10(9-17)13-11-6-3-7-12(18-2)14(11)16-15-13/h3,5-7H,4,8-9H2,1-2H3,(H,15,16). The molecule has 1 aromatic carbocycles. The number of rotatable bonds is 2. The third kappa shape index (κ3) is 1.78. The molecule has 0 saturated heterocycles. The summed E-state index contributed by atoms with van der Waals surface area (Å²) in [6, 6.07) is 6.05. The minimum atomic E-state index is 0.844. The molecule has 1 aliphatic heterocycles. The zero-order valence-electron chi connectivity index (χ0n) is 10.7. The van der Waals surface area contributed by atoms with Crippen molar-refractivity contribution in [3.63, 3.8) is 0 Å². The van der Waals surface area contributed by atoms with E-state index >= 15 is 0 Å². The van der Waals surface area contributed by atoms with Gasteiger partial charge in [0.2, 0.25) is 0 Å². The van der Waals surface area contributed by atoms with E-state index in [4.69, 9.17) is 4.74 Å². The molecule has 18 heavy (non-hydrogen) atoms. The third-order valence-electron chi connectivity index (χ3n) is 3.43. The van der Waals surface area contributed by atoms with Gasteiger partial charge in [0.25, 0.3) is 0 Å². The SMILES string of the molecule is COc1cccc2c(C3=CCCN(C)C3)n[nH]c12. The molecule has 0 fully saturated rings. The van der Waals surface area contributed by atoms with E-state index in [2.05, 4.69) is 34.3 Å². The Kier molecular flexibility index (Phi) is 2.80. The molecule has 0 radical (unpaired) electrons. The molecule has 0 atom stereocenters. The molecular formula is C14H17N3O. The fourth-order valence-corrected chi connectivity index (χ4v) is 2.50. The number of fused-ring (bicyclic) bond motifs is 1. The fourth-order valence-electron chi connectivity index (χ4n) is 2.50. The number of hydrogen-bond donors (Lipinski definition) is 1. The van der Waals surface area contributed by atoms with Gasteiger partial charge in [0.15, 0.2) is 0 Å². The second-order valence-corrected chi connectivity index (χ2v) is 4.71. The average Bonchev–Trinajstić information content (AvgIpc) is 2.82. The Balaban J connectivity index is 2.10. The van der Waals surface area contributed by atoms with Gasteiger partial charge in [0, 0.05) is 18.5 Å². The van der Waals surface area contributed by atoms with Gasteiger partial charge in [-0.3, -0.25) is 5.10 Å². The van der Waals surface area contributed by atoms with Gasteiger partial charge in [-0.25, -0.2) is 0 Å². The number of aromatic nitrogens is 2. The Bertz CT molecular complexity index is 600.